The van der Waals surface area contributed by atoms with Gasteiger partial charge in [-0.05, 0) is 67.4 Å². The number of furan rings is 1. The molecule has 0 spiro atoms. The Labute approximate surface area is 165 Å². The van der Waals surface area contributed by atoms with Crippen LogP contribution in [0.5, 0.6) is 5.75 Å². The second-order valence-electron chi connectivity index (χ2n) is 6.97. The summed E-state index contributed by atoms with van der Waals surface area (Å²) in [6.07, 6.45) is 2.23. The van der Waals surface area contributed by atoms with E-state index in [2.05, 4.69) is 10.3 Å². The molecule has 2 aromatic carbocycles. The van der Waals surface area contributed by atoms with Crippen LogP contribution in [0.1, 0.15) is 41.0 Å². The van der Waals surface area contributed by atoms with Gasteiger partial charge in [-0.25, -0.2) is 9.37 Å². The number of oxazole rings is 1. The van der Waals surface area contributed by atoms with Gasteiger partial charge in [0.2, 0.25) is 0 Å². The molecule has 0 unspecified atom stereocenters. The van der Waals surface area contributed by atoms with Crippen LogP contribution in [0.3, 0.4) is 0 Å². The Morgan fingerprint density at radius 1 is 1.10 bits per heavy atom. The standard InChI is InChI=1S/C22H17FN2O4/c23-14-3-6-16(7-4-14)27-12-17-8-10-20(28-17)21(26)24-15-5-9-19-18(11-15)25-22(29-19)13-1-2-13/h3-11,13H,1-2,12H2,(H,24,26). The van der Waals surface area contributed by atoms with E-state index in [4.69, 9.17) is 13.6 Å². The van der Waals surface area contributed by atoms with Gasteiger partial charge in [-0.1, -0.05) is 0 Å². The molecular weight excluding hydrogens is 375 g/mol. The minimum absolute atomic E-state index is 0.133. The fourth-order valence-electron chi connectivity index (χ4n) is 2.98. The maximum Gasteiger partial charge on any atom is 0.291 e. The quantitative estimate of drug-likeness (QED) is 0.484. The monoisotopic (exact) mass is 392 g/mol. The highest BCUT2D eigenvalue weighted by molar-refractivity contribution is 6.03. The minimum atomic E-state index is -0.372. The molecule has 1 aliphatic rings. The fourth-order valence-corrected chi connectivity index (χ4v) is 2.98. The van der Waals surface area contributed by atoms with Gasteiger partial charge < -0.3 is 18.9 Å². The van der Waals surface area contributed by atoms with E-state index in [0.29, 0.717) is 28.7 Å². The number of nitrogens with zero attached hydrogens (tertiary/aromatic N) is 1. The van der Waals surface area contributed by atoms with Gasteiger partial charge in [0.25, 0.3) is 5.91 Å². The average Bonchev–Trinajstić information content (AvgIpc) is 3.31. The zero-order valence-electron chi connectivity index (χ0n) is 15.4. The Morgan fingerprint density at radius 2 is 1.93 bits per heavy atom. The minimum Gasteiger partial charge on any atom is -0.486 e. The van der Waals surface area contributed by atoms with Gasteiger partial charge in [0, 0.05) is 11.6 Å². The predicted octanol–water partition coefficient (Wildman–Crippen LogP) is 5.27. The van der Waals surface area contributed by atoms with Gasteiger partial charge >= 0.3 is 0 Å². The van der Waals surface area contributed by atoms with E-state index in [1.165, 1.54) is 24.3 Å². The first-order valence-electron chi connectivity index (χ1n) is 9.33. The number of fused-ring (bicyclic) bond motifs is 1. The third-order valence-corrected chi connectivity index (χ3v) is 4.67. The number of hydrogen-bond acceptors (Lipinski definition) is 5. The van der Waals surface area contributed by atoms with E-state index in [-0.39, 0.29) is 24.1 Å². The zero-order valence-corrected chi connectivity index (χ0v) is 15.4. The summed E-state index contributed by atoms with van der Waals surface area (Å²) in [5.74, 6) is 1.66. The predicted molar refractivity (Wildman–Crippen MR) is 103 cm³/mol. The summed E-state index contributed by atoms with van der Waals surface area (Å²) >= 11 is 0. The van der Waals surface area contributed by atoms with Crippen molar-refractivity contribution in [2.24, 2.45) is 0 Å². The molecule has 1 aliphatic carbocycles. The van der Waals surface area contributed by atoms with Crippen molar-refractivity contribution in [3.05, 3.63) is 77.8 Å². The second-order valence-corrected chi connectivity index (χ2v) is 6.97. The molecule has 2 aromatic heterocycles. The number of benzene rings is 2. The van der Waals surface area contributed by atoms with Crippen LogP contribution in [0, 0.1) is 5.82 Å². The van der Waals surface area contributed by atoms with Crippen molar-refractivity contribution in [1.29, 1.82) is 0 Å². The van der Waals surface area contributed by atoms with Crippen LogP contribution in [0.4, 0.5) is 10.1 Å². The lowest BCUT2D eigenvalue weighted by Crippen LogP contribution is -2.10. The summed E-state index contributed by atoms with van der Waals surface area (Å²) in [6.45, 7) is 0.133. The number of carbonyl (C=O) groups is 1. The lowest BCUT2D eigenvalue weighted by Gasteiger charge is -2.04. The molecule has 2 heterocycles. The van der Waals surface area contributed by atoms with Crippen LogP contribution in [-0.2, 0) is 6.61 Å². The summed E-state index contributed by atoms with van der Waals surface area (Å²) in [5.41, 5.74) is 2.04. The highest BCUT2D eigenvalue weighted by Gasteiger charge is 2.28. The van der Waals surface area contributed by atoms with Gasteiger partial charge in [-0.2, -0.15) is 0 Å². The molecule has 0 radical (unpaired) electrons. The Balaban J connectivity index is 1.23. The normalized spacial score (nSPS) is 13.6. The molecule has 5 rings (SSSR count). The Kier molecular flexibility index (Phi) is 4.27. The molecule has 1 saturated carbocycles. The third-order valence-electron chi connectivity index (χ3n) is 4.67. The molecule has 1 N–H and O–H groups in total. The summed E-state index contributed by atoms with van der Waals surface area (Å²) < 4.78 is 29.7. The number of aromatic nitrogens is 1. The van der Waals surface area contributed by atoms with Crippen molar-refractivity contribution in [3.63, 3.8) is 0 Å². The van der Waals surface area contributed by atoms with Crippen molar-refractivity contribution in [2.45, 2.75) is 25.4 Å². The number of hydrogen-bond donors (Lipinski definition) is 1. The smallest absolute Gasteiger partial charge is 0.291 e. The molecule has 6 nitrogen and oxygen atoms in total. The molecular formula is C22H17FN2O4. The van der Waals surface area contributed by atoms with E-state index >= 15 is 0 Å². The van der Waals surface area contributed by atoms with Crippen molar-refractivity contribution >= 4 is 22.7 Å². The molecule has 7 heteroatoms. The van der Waals surface area contributed by atoms with E-state index in [9.17, 15) is 9.18 Å². The molecule has 0 atom stereocenters. The average molecular weight is 392 g/mol. The molecule has 0 saturated heterocycles. The highest BCUT2D eigenvalue weighted by Crippen LogP contribution is 2.40. The number of carbonyl (C=O) groups excluding carboxylic acids is 1. The lowest BCUT2D eigenvalue weighted by atomic mass is 10.3. The topological polar surface area (TPSA) is 77.5 Å². The van der Waals surface area contributed by atoms with Crippen LogP contribution in [0.15, 0.2) is 63.4 Å². The molecule has 146 valence electrons. The molecule has 1 fully saturated rings. The van der Waals surface area contributed by atoms with Gasteiger partial charge in [0.15, 0.2) is 17.2 Å². The molecule has 29 heavy (non-hydrogen) atoms. The van der Waals surface area contributed by atoms with Gasteiger partial charge in [-0.3, -0.25) is 4.79 Å². The zero-order chi connectivity index (χ0) is 19.8. The molecule has 0 bridgehead atoms. The largest absolute Gasteiger partial charge is 0.486 e. The van der Waals surface area contributed by atoms with Crippen LogP contribution in [-0.4, -0.2) is 10.9 Å². The summed E-state index contributed by atoms with van der Waals surface area (Å²) in [7, 11) is 0. The number of nitrogens with one attached hydrogen (secondary N) is 1. The Morgan fingerprint density at radius 3 is 2.72 bits per heavy atom. The van der Waals surface area contributed by atoms with Gasteiger partial charge in [0.1, 0.15) is 29.5 Å². The van der Waals surface area contributed by atoms with Gasteiger partial charge in [-0.15, -0.1) is 0 Å². The lowest BCUT2D eigenvalue weighted by molar-refractivity contribution is 0.0992. The van der Waals surface area contributed by atoms with Crippen molar-refractivity contribution in [2.75, 3.05) is 5.32 Å². The molecule has 0 aliphatic heterocycles. The van der Waals surface area contributed by atoms with E-state index in [1.54, 1.807) is 30.3 Å². The first-order valence-corrected chi connectivity index (χ1v) is 9.33. The van der Waals surface area contributed by atoms with Crippen molar-refractivity contribution < 1.29 is 22.8 Å². The van der Waals surface area contributed by atoms with Crippen molar-refractivity contribution in [3.8, 4) is 5.75 Å². The second kappa shape index (κ2) is 7.09. The first-order chi connectivity index (χ1) is 14.1. The van der Waals surface area contributed by atoms with E-state index in [0.717, 1.165) is 24.2 Å². The third kappa shape index (κ3) is 3.85. The van der Waals surface area contributed by atoms with Crippen molar-refractivity contribution in [1.82, 2.24) is 4.98 Å². The van der Waals surface area contributed by atoms with Crippen LogP contribution >= 0.6 is 0 Å². The Hall–Kier alpha value is -3.61. The van der Waals surface area contributed by atoms with Gasteiger partial charge in [0.05, 0.1) is 0 Å². The number of anilines is 1. The van der Waals surface area contributed by atoms with Crippen LogP contribution in [0.25, 0.3) is 11.1 Å². The number of amides is 1. The SMILES string of the molecule is O=C(Nc1ccc2oc(C3CC3)nc2c1)c1ccc(COc2ccc(F)cc2)o1. The molecule has 4 aromatic rings. The number of rotatable bonds is 6. The van der Waals surface area contributed by atoms with Crippen LogP contribution < -0.4 is 10.1 Å². The maximum absolute atomic E-state index is 12.9. The summed E-state index contributed by atoms with van der Waals surface area (Å²) in [5, 5.41) is 2.80. The van der Waals surface area contributed by atoms with E-state index < -0.39 is 0 Å². The molecule has 1 amide bonds. The maximum atomic E-state index is 12.9. The fraction of sp³-hybridized carbons (Fsp3) is 0.182. The first kappa shape index (κ1) is 17.5. The summed E-state index contributed by atoms with van der Waals surface area (Å²) in [4.78, 5) is 17.0. The summed E-state index contributed by atoms with van der Waals surface area (Å²) in [6, 6.07) is 14.3. The number of ether oxygens (including phenoxy) is 1. The Bertz CT molecular complexity index is 1180. The number of halogens is 1. The highest BCUT2D eigenvalue weighted by atomic mass is 19.1. The van der Waals surface area contributed by atoms with E-state index in [1.807, 2.05) is 0 Å². The van der Waals surface area contributed by atoms with Crippen LogP contribution in [0.2, 0.25) is 0 Å².